The van der Waals surface area contributed by atoms with Crippen LogP contribution in [-0.2, 0) is 19.3 Å². The summed E-state index contributed by atoms with van der Waals surface area (Å²) in [6.07, 6.45) is 11.5. The molecule has 0 saturated carbocycles. The Labute approximate surface area is 150 Å². The Kier molecular flexibility index (Phi) is 4.39. The molecule has 5 nitrogen and oxygen atoms in total. The third-order valence-corrected chi connectivity index (χ3v) is 4.27. The van der Waals surface area contributed by atoms with Crippen molar-refractivity contribution in [3.8, 4) is 0 Å². The Hall–Kier alpha value is -2.79. The largest absolute Gasteiger partial charge is 0.346 e. The number of hydrogen-bond acceptors (Lipinski definition) is 4. The van der Waals surface area contributed by atoms with Crippen LogP contribution in [0.1, 0.15) is 22.6 Å². The zero-order valence-corrected chi connectivity index (χ0v) is 14.2. The highest BCUT2D eigenvalue weighted by atomic mass is 35.5. The van der Waals surface area contributed by atoms with E-state index in [0.29, 0.717) is 5.02 Å². The van der Waals surface area contributed by atoms with Gasteiger partial charge in [0.15, 0.2) is 0 Å². The van der Waals surface area contributed by atoms with Gasteiger partial charge in [-0.3, -0.25) is 4.98 Å². The van der Waals surface area contributed by atoms with Gasteiger partial charge in [-0.1, -0.05) is 17.7 Å². The molecule has 0 aliphatic carbocycles. The maximum Gasteiger partial charge on any atom is 0.137 e. The standard InChI is InChI=1S/C19H16ClN5/c20-15-8-17-14(11-24-19(17)25-12-15)7-13-9-22-18(23-10-13)5-4-16-3-1-2-6-21-16/h1-3,6,8-12H,4-5,7H2,(H,24,25). The van der Waals surface area contributed by atoms with Crippen molar-refractivity contribution in [1.82, 2.24) is 24.9 Å². The predicted molar refractivity (Wildman–Crippen MR) is 97.6 cm³/mol. The first-order valence-electron chi connectivity index (χ1n) is 8.09. The van der Waals surface area contributed by atoms with Crippen molar-refractivity contribution < 1.29 is 0 Å². The van der Waals surface area contributed by atoms with Crippen LogP contribution in [-0.4, -0.2) is 24.9 Å². The van der Waals surface area contributed by atoms with Gasteiger partial charge < -0.3 is 4.98 Å². The van der Waals surface area contributed by atoms with Crippen molar-refractivity contribution in [3.63, 3.8) is 0 Å². The molecule has 0 aliphatic rings. The molecule has 0 unspecified atom stereocenters. The van der Waals surface area contributed by atoms with Gasteiger partial charge in [-0.25, -0.2) is 15.0 Å². The first-order valence-corrected chi connectivity index (χ1v) is 8.47. The average Bonchev–Trinajstić information content (AvgIpc) is 3.04. The first-order chi connectivity index (χ1) is 12.3. The van der Waals surface area contributed by atoms with Gasteiger partial charge in [-0.2, -0.15) is 0 Å². The van der Waals surface area contributed by atoms with Crippen LogP contribution in [0.4, 0.5) is 0 Å². The summed E-state index contributed by atoms with van der Waals surface area (Å²) in [6.45, 7) is 0. The van der Waals surface area contributed by atoms with Crippen molar-refractivity contribution in [2.45, 2.75) is 19.3 Å². The van der Waals surface area contributed by atoms with Crippen molar-refractivity contribution in [2.24, 2.45) is 0 Å². The summed E-state index contributed by atoms with van der Waals surface area (Å²) in [5.74, 6) is 0.832. The molecule has 0 fully saturated rings. The van der Waals surface area contributed by atoms with E-state index in [1.54, 1.807) is 6.20 Å². The summed E-state index contributed by atoms with van der Waals surface area (Å²) in [6, 6.07) is 7.86. The second-order valence-electron chi connectivity index (χ2n) is 5.87. The lowest BCUT2D eigenvalue weighted by Gasteiger charge is -2.03. The Morgan fingerprint density at radius 3 is 2.64 bits per heavy atom. The van der Waals surface area contributed by atoms with E-state index in [-0.39, 0.29) is 0 Å². The van der Waals surface area contributed by atoms with Crippen LogP contribution in [0.3, 0.4) is 0 Å². The molecule has 0 bridgehead atoms. The summed E-state index contributed by atoms with van der Waals surface area (Å²) < 4.78 is 0. The number of pyridine rings is 2. The number of rotatable bonds is 5. The number of aryl methyl sites for hydroxylation is 2. The molecule has 0 radical (unpaired) electrons. The minimum absolute atomic E-state index is 0.634. The maximum absolute atomic E-state index is 6.05. The topological polar surface area (TPSA) is 67.3 Å². The highest BCUT2D eigenvalue weighted by Crippen LogP contribution is 2.22. The number of halogens is 1. The van der Waals surface area contributed by atoms with E-state index in [1.807, 2.05) is 49.1 Å². The number of nitrogens with zero attached hydrogens (tertiary/aromatic N) is 4. The van der Waals surface area contributed by atoms with Crippen molar-refractivity contribution in [2.75, 3.05) is 0 Å². The smallest absolute Gasteiger partial charge is 0.137 e. The summed E-state index contributed by atoms with van der Waals surface area (Å²) >= 11 is 6.05. The fourth-order valence-electron chi connectivity index (χ4n) is 2.79. The van der Waals surface area contributed by atoms with Crippen molar-refractivity contribution in [3.05, 3.63) is 82.9 Å². The van der Waals surface area contributed by atoms with Gasteiger partial charge in [0.25, 0.3) is 0 Å². The Morgan fingerprint density at radius 2 is 1.84 bits per heavy atom. The van der Waals surface area contributed by atoms with E-state index in [9.17, 15) is 0 Å². The van der Waals surface area contributed by atoms with Crippen LogP contribution >= 0.6 is 11.6 Å². The zero-order chi connectivity index (χ0) is 17.1. The lowest BCUT2D eigenvalue weighted by atomic mass is 10.1. The molecule has 0 aromatic carbocycles. The van der Waals surface area contributed by atoms with Gasteiger partial charge in [0.05, 0.1) is 5.02 Å². The number of H-pyrrole nitrogens is 1. The molecular weight excluding hydrogens is 334 g/mol. The van der Waals surface area contributed by atoms with E-state index < -0.39 is 0 Å². The molecule has 0 saturated heterocycles. The summed E-state index contributed by atoms with van der Waals surface area (Å²) in [5, 5.41) is 1.67. The quantitative estimate of drug-likeness (QED) is 0.595. The summed E-state index contributed by atoms with van der Waals surface area (Å²) in [4.78, 5) is 20.7. The van der Waals surface area contributed by atoms with Crippen LogP contribution in [0.5, 0.6) is 0 Å². The van der Waals surface area contributed by atoms with E-state index in [2.05, 4.69) is 24.9 Å². The normalized spacial score (nSPS) is 11.1. The number of aromatic nitrogens is 5. The van der Waals surface area contributed by atoms with Gasteiger partial charge in [-0.05, 0) is 35.7 Å². The zero-order valence-electron chi connectivity index (χ0n) is 13.5. The SMILES string of the molecule is Clc1cnc2[nH]cc(Cc3cnc(CCc4ccccn4)nc3)c2c1. The molecule has 0 spiro atoms. The molecule has 4 aromatic heterocycles. The fourth-order valence-corrected chi connectivity index (χ4v) is 2.94. The third kappa shape index (κ3) is 3.67. The van der Waals surface area contributed by atoms with Gasteiger partial charge in [0.1, 0.15) is 11.5 Å². The molecule has 25 heavy (non-hydrogen) atoms. The Morgan fingerprint density at radius 1 is 0.960 bits per heavy atom. The molecule has 0 aliphatic heterocycles. The van der Waals surface area contributed by atoms with Crippen LogP contribution in [0.2, 0.25) is 5.02 Å². The molecule has 124 valence electrons. The van der Waals surface area contributed by atoms with Crippen LogP contribution < -0.4 is 0 Å². The molecule has 4 heterocycles. The highest BCUT2D eigenvalue weighted by molar-refractivity contribution is 6.31. The third-order valence-electron chi connectivity index (χ3n) is 4.07. The molecular formula is C19H16ClN5. The second-order valence-corrected chi connectivity index (χ2v) is 6.31. The Bertz CT molecular complexity index is 980. The monoisotopic (exact) mass is 349 g/mol. The lowest BCUT2D eigenvalue weighted by molar-refractivity contribution is 0.829. The van der Waals surface area contributed by atoms with Crippen LogP contribution in [0.15, 0.2) is 55.2 Å². The molecule has 0 atom stereocenters. The predicted octanol–water partition coefficient (Wildman–Crippen LogP) is 3.78. The molecule has 0 amide bonds. The number of aromatic amines is 1. The van der Waals surface area contributed by atoms with E-state index in [0.717, 1.165) is 52.9 Å². The minimum Gasteiger partial charge on any atom is -0.346 e. The molecule has 6 heteroatoms. The van der Waals surface area contributed by atoms with Crippen LogP contribution in [0.25, 0.3) is 11.0 Å². The number of hydrogen-bond donors (Lipinski definition) is 1. The summed E-state index contributed by atoms with van der Waals surface area (Å²) in [7, 11) is 0. The molecule has 4 rings (SSSR count). The first kappa shape index (κ1) is 15.7. The van der Waals surface area contributed by atoms with Gasteiger partial charge in [-0.15, -0.1) is 0 Å². The minimum atomic E-state index is 0.634. The summed E-state index contributed by atoms with van der Waals surface area (Å²) in [5.41, 5.74) is 4.09. The van der Waals surface area contributed by atoms with Gasteiger partial charge in [0, 0.05) is 54.9 Å². The van der Waals surface area contributed by atoms with Crippen molar-refractivity contribution >= 4 is 22.6 Å². The van der Waals surface area contributed by atoms with Crippen molar-refractivity contribution in [1.29, 1.82) is 0 Å². The fraction of sp³-hybridized carbons (Fsp3) is 0.158. The average molecular weight is 350 g/mol. The highest BCUT2D eigenvalue weighted by Gasteiger charge is 2.07. The lowest BCUT2D eigenvalue weighted by Crippen LogP contribution is -2.00. The van der Waals surface area contributed by atoms with E-state index >= 15 is 0 Å². The van der Waals surface area contributed by atoms with Crippen LogP contribution in [0, 0.1) is 0 Å². The number of fused-ring (bicyclic) bond motifs is 1. The van der Waals surface area contributed by atoms with Gasteiger partial charge >= 0.3 is 0 Å². The Balaban J connectivity index is 1.45. The maximum atomic E-state index is 6.05. The van der Waals surface area contributed by atoms with Gasteiger partial charge in [0.2, 0.25) is 0 Å². The molecule has 4 aromatic rings. The van der Waals surface area contributed by atoms with E-state index in [1.165, 1.54) is 0 Å². The molecule has 1 N–H and O–H groups in total. The number of nitrogens with one attached hydrogen (secondary N) is 1. The van der Waals surface area contributed by atoms with E-state index in [4.69, 9.17) is 11.6 Å². The second kappa shape index (κ2) is 6.99.